The van der Waals surface area contributed by atoms with Crippen LogP contribution in [0.3, 0.4) is 0 Å². The standard InChI is InChI=1S/C23H27N2O6P/c26-21(25-13-7-12-20(25)23(28)29)16-32(30,31)15-19(14-17-8-3-1-4-9-17)24-22(27)18-10-5-2-6-11-18/h1-6,8-11,19-20H,7,12-16H2,(H,24,27)(H,28,29)(H,30,31)/t19?,20-/m0/s1. The number of carboxylic acid groups (broad SMARTS) is 1. The minimum atomic E-state index is -4.00. The van der Waals surface area contributed by atoms with Crippen molar-refractivity contribution in [1.29, 1.82) is 0 Å². The number of hydrogen-bond acceptors (Lipinski definition) is 4. The molecular weight excluding hydrogens is 431 g/mol. The van der Waals surface area contributed by atoms with Gasteiger partial charge in [0, 0.05) is 24.3 Å². The summed E-state index contributed by atoms with van der Waals surface area (Å²) in [5.41, 5.74) is 1.30. The van der Waals surface area contributed by atoms with Crippen LogP contribution < -0.4 is 5.32 Å². The summed E-state index contributed by atoms with van der Waals surface area (Å²) in [5, 5.41) is 12.1. The van der Waals surface area contributed by atoms with Crippen molar-refractivity contribution in [3.8, 4) is 0 Å². The molecule has 0 radical (unpaired) electrons. The highest BCUT2D eigenvalue weighted by Crippen LogP contribution is 2.42. The van der Waals surface area contributed by atoms with Crippen molar-refractivity contribution in [2.45, 2.75) is 31.3 Å². The molecule has 1 aliphatic rings. The van der Waals surface area contributed by atoms with Crippen molar-refractivity contribution >= 4 is 25.2 Å². The van der Waals surface area contributed by atoms with E-state index in [9.17, 15) is 28.9 Å². The number of carbonyl (C=O) groups excluding carboxylic acids is 2. The number of rotatable bonds is 9. The van der Waals surface area contributed by atoms with E-state index in [0.717, 1.165) is 5.56 Å². The van der Waals surface area contributed by atoms with Gasteiger partial charge >= 0.3 is 5.97 Å². The third kappa shape index (κ3) is 6.52. The van der Waals surface area contributed by atoms with Gasteiger partial charge in [-0.1, -0.05) is 48.5 Å². The molecule has 2 aromatic carbocycles. The lowest BCUT2D eigenvalue weighted by Gasteiger charge is -2.25. The van der Waals surface area contributed by atoms with E-state index in [1.165, 1.54) is 4.90 Å². The zero-order valence-corrected chi connectivity index (χ0v) is 18.5. The number of nitrogens with zero attached hydrogens (tertiary/aromatic N) is 1. The summed E-state index contributed by atoms with van der Waals surface area (Å²) in [7, 11) is -4.00. The molecule has 1 saturated heterocycles. The van der Waals surface area contributed by atoms with E-state index >= 15 is 0 Å². The maximum atomic E-state index is 13.0. The monoisotopic (exact) mass is 458 g/mol. The Morgan fingerprint density at radius 3 is 2.31 bits per heavy atom. The van der Waals surface area contributed by atoms with Crippen LogP contribution in [0.15, 0.2) is 60.7 Å². The van der Waals surface area contributed by atoms with Crippen molar-refractivity contribution in [1.82, 2.24) is 10.2 Å². The molecule has 0 aliphatic carbocycles. The highest BCUT2D eigenvalue weighted by atomic mass is 31.2. The summed E-state index contributed by atoms with van der Waals surface area (Å²) in [6.45, 7) is 0.258. The smallest absolute Gasteiger partial charge is 0.326 e. The van der Waals surface area contributed by atoms with Gasteiger partial charge in [0.25, 0.3) is 5.91 Å². The quantitative estimate of drug-likeness (QED) is 0.496. The molecule has 2 aromatic rings. The lowest BCUT2D eigenvalue weighted by atomic mass is 10.1. The molecule has 3 atom stereocenters. The third-order valence-electron chi connectivity index (χ3n) is 5.44. The average Bonchev–Trinajstić information content (AvgIpc) is 3.25. The van der Waals surface area contributed by atoms with Gasteiger partial charge in [-0.05, 0) is 37.0 Å². The van der Waals surface area contributed by atoms with Crippen molar-refractivity contribution in [2.75, 3.05) is 18.9 Å². The number of likely N-dealkylation sites (tertiary alicyclic amines) is 1. The Morgan fingerprint density at radius 2 is 1.69 bits per heavy atom. The fourth-order valence-corrected chi connectivity index (χ4v) is 5.59. The normalized spacial score (nSPS) is 18.5. The maximum absolute atomic E-state index is 13.0. The Bertz CT molecular complexity index is 998. The molecular formula is C23H27N2O6P. The van der Waals surface area contributed by atoms with Crippen LogP contribution in [0.4, 0.5) is 0 Å². The molecule has 0 aromatic heterocycles. The zero-order valence-electron chi connectivity index (χ0n) is 17.6. The minimum Gasteiger partial charge on any atom is -0.480 e. The maximum Gasteiger partial charge on any atom is 0.326 e. The molecule has 8 nitrogen and oxygen atoms in total. The fourth-order valence-electron chi connectivity index (χ4n) is 3.95. The molecule has 0 saturated carbocycles. The Labute approximate surface area is 186 Å². The van der Waals surface area contributed by atoms with Crippen LogP contribution in [0.1, 0.15) is 28.8 Å². The molecule has 1 aliphatic heterocycles. The van der Waals surface area contributed by atoms with E-state index in [1.54, 1.807) is 30.3 Å². The minimum absolute atomic E-state index is 0.258. The van der Waals surface area contributed by atoms with Gasteiger partial charge in [-0.15, -0.1) is 0 Å². The van der Waals surface area contributed by atoms with Crippen LogP contribution in [0, 0.1) is 0 Å². The first-order valence-electron chi connectivity index (χ1n) is 10.5. The SMILES string of the molecule is O=C(NC(Cc1ccccc1)CP(=O)(O)CC(=O)N1CCC[C@H]1C(=O)O)c1ccccc1. The van der Waals surface area contributed by atoms with Crippen LogP contribution in [-0.4, -0.2) is 63.6 Å². The third-order valence-corrected chi connectivity index (χ3v) is 7.22. The molecule has 1 heterocycles. The number of carboxylic acids is 1. The van der Waals surface area contributed by atoms with Gasteiger partial charge in [0.1, 0.15) is 12.2 Å². The summed E-state index contributed by atoms with van der Waals surface area (Å²) in [6.07, 6.45) is 0.253. The first-order chi connectivity index (χ1) is 15.2. The van der Waals surface area contributed by atoms with E-state index in [2.05, 4.69) is 5.32 Å². The highest BCUT2D eigenvalue weighted by molar-refractivity contribution is 7.59. The Morgan fingerprint density at radius 1 is 1.06 bits per heavy atom. The molecule has 2 amide bonds. The first-order valence-corrected chi connectivity index (χ1v) is 12.5. The summed E-state index contributed by atoms with van der Waals surface area (Å²) >= 11 is 0. The molecule has 0 spiro atoms. The number of nitrogens with one attached hydrogen (secondary N) is 1. The molecule has 3 rings (SSSR count). The van der Waals surface area contributed by atoms with Crippen molar-refractivity contribution in [2.24, 2.45) is 0 Å². The van der Waals surface area contributed by atoms with Crippen molar-refractivity contribution in [3.05, 3.63) is 71.8 Å². The largest absolute Gasteiger partial charge is 0.480 e. The van der Waals surface area contributed by atoms with Crippen LogP contribution in [0.5, 0.6) is 0 Å². The summed E-state index contributed by atoms with van der Waals surface area (Å²) < 4.78 is 13.0. The molecule has 32 heavy (non-hydrogen) atoms. The zero-order chi connectivity index (χ0) is 23.1. The van der Waals surface area contributed by atoms with E-state index < -0.39 is 37.5 Å². The molecule has 9 heteroatoms. The molecule has 0 bridgehead atoms. The van der Waals surface area contributed by atoms with Crippen molar-refractivity contribution in [3.63, 3.8) is 0 Å². The number of aliphatic carboxylic acids is 1. The van der Waals surface area contributed by atoms with Gasteiger partial charge in [0.05, 0.1) is 0 Å². The Hall–Kier alpha value is -2.96. The number of hydrogen-bond donors (Lipinski definition) is 3. The second-order valence-corrected chi connectivity index (χ2v) is 10.4. The van der Waals surface area contributed by atoms with Crippen molar-refractivity contribution < 1.29 is 28.9 Å². The van der Waals surface area contributed by atoms with E-state index in [-0.39, 0.29) is 18.6 Å². The molecule has 2 unspecified atom stereocenters. The average molecular weight is 458 g/mol. The summed E-state index contributed by atoms with van der Waals surface area (Å²) in [6, 6.07) is 16.2. The first kappa shape index (κ1) is 23.7. The topological polar surface area (TPSA) is 124 Å². The second-order valence-electron chi connectivity index (χ2n) is 8.00. The summed E-state index contributed by atoms with van der Waals surface area (Å²) in [4.78, 5) is 48.4. The van der Waals surface area contributed by atoms with Crippen LogP contribution >= 0.6 is 7.37 Å². The summed E-state index contributed by atoms with van der Waals surface area (Å²) in [5.74, 6) is -2.13. The van der Waals surface area contributed by atoms with Gasteiger partial charge in [0.2, 0.25) is 13.3 Å². The lowest BCUT2D eigenvalue weighted by molar-refractivity contribution is -0.147. The highest BCUT2D eigenvalue weighted by Gasteiger charge is 2.37. The van der Waals surface area contributed by atoms with E-state index in [0.29, 0.717) is 24.8 Å². The molecule has 1 fully saturated rings. The van der Waals surface area contributed by atoms with Crippen LogP contribution in [-0.2, 0) is 20.6 Å². The van der Waals surface area contributed by atoms with Gasteiger partial charge in [-0.25, -0.2) is 4.79 Å². The van der Waals surface area contributed by atoms with E-state index in [1.807, 2.05) is 30.3 Å². The van der Waals surface area contributed by atoms with Gasteiger partial charge < -0.3 is 20.2 Å². The molecule has 170 valence electrons. The van der Waals surface area contributed by atoms with E-state index in [4.69, 9.17) is 0 Å². The lowest BCUT2D eigenvalue weighted by Crippen LogP contribution is -2.43. The number of carbonyl (C=O) groups is 3. The molecule has 3 N–H and O–H groups in total. The van der Waals surface area contributed by atoms with Gasteiger partial charge in [-0.2, -0.15) is 0 Å². The predicted octanol–water partition coefficient (Wildman–Crippen LogP) is 2.37. The Kier molecular flexibility index (Phi) is 7.83. The van der Waals surface area contributed by atoms with Crippen LogP contribution in [0.2, 0.25) is 0 Å². The second kappa shape index (κ2) is 10.6. The number of benzene rings is 2. The van der Waals surface area contributed by atoms with Crippen LogP contribution in [0.25, 0.3) is 0 Å². The fraction of sp³-hybridized carbons (Fsp3) is 0.348. The Balaban J connectivity index is 1.72. The number of amides is 2. The van der Waals surface area contributed by atoms with Gasteiger partial charge in [-0.3, -0.25) is 14.2 Å². The van der Waals surface area contributed by atoms with Gasteiger partial charge in [0.15, 0.2) is 0 Å². The predicted molar refractivity (Wildman–Crippen MR) is 120 cm³/mol.